The SMILES string of the molecule is O=C(NCCCCl)c1ccc(-c2ccc(C(=O)NCCCCl)cc2)cc1. The van der Waals surface area contributed by atoms with Crippen LogP contribution >= 0.6 is 23.2 Å². The summed E-state index contributed by atoms with van der Waals surface area (Å²) < 4.78 is 0. The van der Waals surface area contributed by atoms with Crippen LogP contribution in [-0.2, 0) is 0 Å². The lowest BCUT2D eigenvalue weighted by atomic mass is 10.0. The molecule has 0 aliphatic carbocycles. The normalized spacial score (nSPS) is 10.4. The van der Waals surface area contributed by atoms with Crippen LogP contribution in [0.25, 0.3) is 11.1 Å². The number of halogens is 2. The fourth-order valence-electron chi connectivity index (χ4n) is 2.37. The summed E-state index contributed by atoms with van der Waals surface area (Å²) in [6.45, 7) is 1.14. The summed E-state index contributed by atoms with van der Waals surface area (Å²) in [4.78, 5) is 24.0. The molecule has 4 nitrogen and oxygen atoms in total. The summed E-state index contributed by atoms with van der Waals surface area (Å²) >= 11 is 11.2. The third kappa shape index (κ3) is 6.04. The van der Waals surface area contributed by atoms with Gasteiger partial charge in [0.2, 0.25) is 0 Å². The molecule has 2 rings (SSSR count). The van der Waals surface area contributed by atoms with Crippen molar-refractivity contribution in [3.05, 3.63) is 59.7 Å². The topological polar surface area (TPSA) is 58.2 Å². The molecule has 0 fully saturated rings. The van der Waals surface area contributed by atoms with Crippen molar-refractivity contribution in [2.24, 2.45) is 0 Å². The third-order valence-corrected chi connectivity index (χ3v) is 4.35. The molecular weight excluding hydrogens is 371 g/mol. The summed E-state index contributed by atoms with van der Waals surface area (Å²) in [7, 11) is 0. The Hall–Kier alpha value is -2.04. The van der Waals surface area contributed by atoms with E-state index in [1.54, 1.807) is 24.3 Å². The zero-order chi connectivity index (χ0) is 18.8. The van der Waals surface area contributed by atoms with Crippen LogP contribution in [0.5, 0.6) is 0 Å². The van der Waals surface area contributed by atoms with E-state index in [4.69, 9.17) is 23.2 Å². The Morgan fingerprint density at radius 3 is 1.31 bits per heavy atom. The van der Waals surface area contributed by atoms with Gasteiger partial charge in [0, 0.05) is 36.0 Å². The average molecular weight is 393 g/mol. The van der Waals surface area contributed by atoms with Gasteiger partial charge in [0.1, 0.15) is 0 Å². The molecule has 6 heteroatoms. The van der Waals surface area contributed by atoms with Gasteiger partial charge in [-0.2, -0.15) is 0 Å². The second-order valence-corrected chi connectivity index (χ2v) is 6.51. The minimum absolute atomic E-state index is 0.106. The summed E-state index contributed by atoms with van der Waals surface area (Å²) in [6, 6.07) is 14.7. The molecule has 2 amide bonds. The summed E-state index contributed by atoms with van der Waals surface area (Å²) in [6.07, 6.45) is 1.49. The van der Waals surface area contributed by atoms with Gasteiger partial charge in [-0.3, -0.25) is 9.59 Å². The maximum Gasteiger partial charge on any atom is 0.251 e. The van der Waals surface area contributed by atoms with Crippen molar-refractivity contribution in [3.8, 4) is 11.1 Å². The van der Waals surface area contributed by atoms with Gasteiger partial charge in [-0.25, -0.2) is 0 Å². The van der Waals surface area contributed by atoms with Crippen molar-refractivity contribution in [3.63, 3.8) is 0 Å². The molecule has 2 aromatic carbocycles. The lowest BCUT2D eigenvalue weighted by Gasteiger charge is -2.07. The highest BCUT2D eigenvalue weighted by Gasteiger charge is 2.07. The van der Waals surface area contributed by atoms with Gasteiger partial charge in [-0.05, 0) is 48.2 Å². The van der Waals surface area contributed by atoms with E-state index in [-0.39, 0.29) is 11.8 Å². The summed E-state index contributed by atoms with van der Waals surface area (Å²) in [5.41, 5.74) is 3.19. The molecule has 0 aromatic heterocycles. The highest BCUT2D eigenvalue weighted by molar-refractivity contribution is 6.18. The van der Waals surface area contributed by atoms with Crippen molar-refractivity contribution >= 4 is 35.0 Å². The number of nitrogens with one attached hydrogen (secondary N) is 2. The lowest BCUT2D eigenvalue weighted by Crippen LogP contribution is -2.24. The first kappa shape index (κ1) is 20.3. The first-order chi connectivity index (χ1) is 12.7. The molecule has 0 spiro atoms. The van der Waals surface area contributed by atoms with Crippen molar-refractivity contribution < 1.29 is 9.59 Å². The molecule has 0 unspecified atom stereocenters. The zero-order valence-electron chi connectivity index (χ0n) is 14.4. The Labute approximate surface area is 163 Å². The number of alkyl halides is 2. The van der Waals surface area contributed by atoms with Crippen LogP contribution in [-0.4, -0.2) is 36.7 Å². The molecule has 0 radical (unpaired) electrons. The number of hydrogen-bond donors (Lipinski definition) is 2. The quantitative estimate of drug-likeness (QED) is 0.499. The molecule has 2 aromatic rings. The van der Waals surface area contributed by atoms with Gasteiger partial charge in [-0.15, -0.1) is 23.2 Å². The van der Waals surface area contributed by atoms with E-state index in [0.717, 1.165) is 24.0 Å². The van der Waals surface area contributed by atoms with Gasteiger partial charge in [0.05, 0.1) is 0 Å². The number of carbonyl (C=O) groups is 2. The first-order valence-electron chi connectivity index (χ1n) is 8.54. The van der Waals surface area contributed by atoms with Crippen LogP contribution in [0, 0.1) is 0 Å². The number of benzene rings is 2. The summed E-state index contributed by atoms with van der Waals surface area (Å²) in [5, 5.41) is 5.65. The number of hydrogen-bond acceptors (Lipinski definition) is 2. The number of carbonyl (C=O) groups excluding carboxylic acids is 2. The number of amides is 2. The fourth-order valence-corrected chi connectivity index (χ4v) is 2.64. The molecule has 138 valence electrons. The maximum absolute atomic E-state index is 12.0. The monoisotopic (exact) mass is 392 g/mol. The molecular formula is C20H22Cl2N2O2. The smallest absolute Gasteiger partial charge is 0.251 e. The maximum atomic E-state index is 12.0. The van der Waals surface area contributed by atoms with E-state index < -0.39 is 0 Å². The Morgan fingerprint density at radius 1 is 0.654 bits per heavy atom. The van der Waals surface area contributed by atoms with E-state index in [9.17, 15) is 9.59 Å². The van der Waals surface area contributed by atoms with Crippen molar-refractivity contribution in [2.45, 2.75) is 12.8 Å². The van der Waals surface area contributed by atoms with E-state index in [1.807, 2.05) is 24.3 Å². The largest absolute Gasteiger partial charge is 0.352 e. The van der Waals surface area contributed by atoms with Crippen LogP contribution in [0.1, 0.15) is 33.6 Å². The second-order valence-electron chi connectivity index (χ2n) is 5.75. The van der Waals surface area contributed by atoms with Crippen LogP contribution in [0.4, 0.5) is 0 Å². The predicted molar refractivity (Wildman–Crippen MR) is 107 cm³/mol. The zero-order valence-corrected chi connectivity index (χ0v) is 15.9. The van der Waals surface area contributed by atoms with Crippen LogP contribution < -0.4 is 10.6 Å². The fraction of sp³-hybridized carbons (Fsp3) is 0.300. The van der Waals surface area contributed by atoms with Gasteiger partial charge >= 0.3 is 0 Å². The molecule has 26 heavy (non-hydrogen) atoms. The van der Waals surface area contributed by atoms with Gasteiger partial charge in [0.25, 0.3) is 11.8 Å². The lowest BCUT2D eigenvalue weighted by molar-refractivity contribution is 0.0945. The standard InChI is InChI=1S/C20H22Cl2N2O2/c21-11-1-13-23-19(25)17-7-3-15(4-8-17)16-5-9-18(10-6-16)20(26)24-14-2-12-22/h3-10H,1-2,11-14H2,(H,23,25)(H,24,26). The predicted octanol–water partition coefficient (Wildman–Crippen LogP) is 4.07. The molecule has 0 aliphatic rings. The van der Waals surface area contributed by atoms with Crippen molar-refractivity contribution in [2.75, 3.05) is 24.8 Å². The Bertz CT molecular complexity index is 652. The molecule has 0 saturated heterocycles. The first-order valence-corrected chi connectivity index (χ1v) is 9.61. The highest BCUT2D eigenvalue weighted by Crippen LogP contribution is 2.20. The van der Waals surface area contributed by atoms with Gasteiger partial charge < -0.3 is 10.6 Å². The molecule has 0 saturated carbocycles. The van der Waals surface area contributed by atoms with Crippen molar-refractivity contribution in [1.29, 1.82) is 0 Å². The van der Waals surface area contributed by atoms with E-state index in [1.165, 1.54) is 0 Å². The number of rotatable bonds is 9. The van der Waals surface area contributed by atoms with E-state index in [0.29, 0.717) is 36.0 Å². The van der Waals surface area contributed by atoms with Crippen molar-refractivity contribution in [1.82, 2.24) is 10.6 Å². The molecule has 0 atom stereocenters. The molecule has 0 heterocycles. The van der Waals surface area contributed by atoms with Crippen LogP contribution in [0.15, 0.2) is 48.5 Å². The van der Waals surface area contributed by atoms with E-state index >= 15 is 0 Å². The van der Waals surface area contributed by atoms with Gasteiger partial charge in [0.15, 0.2) is 0 Å². The average Bonchev–Trinajstić information content (AvgIpc) is 2.68. The van der Waals surface area contributed by atoms with Gasteiger partial charge in [-0.1, -0.05) is 24.3 Å². The molecule has 2 N–H and O–H groups in total. The Balaban J connectivity index is 1.98. The minimum Gasteiger partial charge on any atom is -0.352 e. The summed E-state index contributed by atoms with van der Waals surface area (Å²) in [5.74, 6) is 0.844. The minimum atomic E-state index is -0.106. The van der Waals surface area contributed by atoms with E-state index in [2.05, 4.69) is 10.6 Å². The third-order valence-electron chi connectivity index (χ3n) is 3.82. The Morgan fingerprint density at radius 2 is 1.00 bits per heavy atom. The second kappa shape index (κ2) is 10.8. The molecule has 0 bridgehead atoms. The Kier molecular flexibility index (Phi) is 8.45. The highest BCUT2D eigenvalue weighted by atomic mass is 35.5. The molecule has 0 aliphatic heterocycles. The van der Waals surface area contributed by atoms with Crippen LogP contribution in [0.3, 0.4) is 0 Å². The van der Waals surface area contributed by atoms with Crippen LogP contribution in [0.2, 0.25) is 0 Å².